The van der Waals surface area contributed by atoms with Crippen LogP contribution < -0.4 is 11.5 Å². The highest BCUT2D eigenvalue weighted by Gasteiger charge is 2.35. The number of nitriles is 1. The van der Waals surface area contributed by atoms with Crippen LogP contribution in [0.4, 0.5) is 5.82 Å². The maximum atomic E-state index is 11.9. The van der Waals surface area contributed by atoms with Gasteiger partial charge >= 0.3 is 0 Å². The average molecular weight is 363 g/mol. The summed E-state index contributed by atoms with van der Waals surface area (Å²) < 4.78 is 0. The normalized spacial score (nSPS) is 19.7. The molecule has 1 fully saturated rings. The average Bonchev–Trinajstić information content (AvgIpc) is 3.25. The molecule has 1 aromatic carbocycles. The Bertz CT molecular complexity index is 954. The number of nitrogen functional groups attached to an aromatic ring is 1. The fourth-order valence-electron chi connectivity index (χ4n) is 3.36. The van der Waals surface area contributed by atoms with Gasteiger partial charge in [0.05, 0.1) is 6.07 Å². The van der Waals surface area contributed by atoms with Gasteiger partial charge in [-0.1, -0.05) is 18.7 Å². The van der Waals surface area contributed by atoms with E-state index in [1.807, 2.05) is 6.07 Å². The van der Waals surface area contributed by atoms with E-state index in [-0.39, 0.29) is 17.6 Å². The molecule has 7 nitrogen and oxygen atoms in total. The van der Waals surface area contributed by atoms with E-state index in [0.29, 0.717) is 35.6 Å². The highest BCUT2D eigenvalue weighted by Crippen LogP contribution is 2.34. The number of hydrogen-bond acceptors (Lipinski definition) is 5. The summed E-state index contributed by atoms with van der Waals surface area (Å²) in [7, 11) is 0. The second kappa shape index (κ2) is 7.30. The summed E-state index contributed by atoms with van der Waals surface area (Å²) in [5.74, 6) is 0.235. The smallest absolute Gasteiger partial charge is 0.247 e. The Labute approximate surface area is 157 Å². The van der Waals surface area contributed by atoms with Crippen molar-refractivity contribution in [3.63, 3.8) is 0 Å². The van der Waals surface area contributed by atoms with Crippen molar-refractivity contribution in [2.24, 2.45) is 5.73 Å². The lowest BCUT2D eigenvalue weighted by Gasteiger charge is -2.17. The van der Waals surface area contributed by atoms with E-state index >= 15 is 0 Å². The number of aromatic amines is 1. The Kier molecular flexibility index (Phi) is 4.90. The lowest BCUT2D eigenvalue weighted by Crippen LogP contribution is -2.33. The second-order valence-corrected chi connectivity index (χ2v) is 6.48. The fraction of sp³-hybridized carbons (Fsp3) is 0.200. The molecule has 0 aliphatic carbocycles. The summed E-state index contributed by atoms with van der Waals surface area (Å²) in [6, 6.07) is 10.3. The van der Waals surface area contributed by atoms with Crippen molar-refractivity contribution >= 4 is 23.5 Å². The number of benzene rings is 1. The number of aromatic nitrogens is 1. The Morgan fingerprint density at radius 1 is 1.44 bits per heavy atom. The molecule has 0 spiro atoms. The molecule has 27 heavy (non-hydrogen) atoms. The minimum absolute atomic E-state index is 0.0330. The van der Waals surface area contributed by atoms with Crippen molar-refractivity contribution in [2.75, 3.05) is 12.3 Å². The van der Waals surface area contributed by atoms with Gasteiger partial charge in [0.15, 0.2) is 0 Å². The van der Waals surface area contributed by atoms with Gasteiger partial charge in [0.2, 0.25) is 5.91 Å². The van der Waals surface area contributed by atoms with Gasteiger partial charge in [-0.05, 0) is 36.8 Å². The van der Waals surface area contributed by atoms with Crippen LogP contribution in [0.25, 0.3) is 11.8 Å². The van der Waals surface area contributed by atoms with Crippen LogP contribution in [-0.4, -0.2) is 33.5 Å². The molecule has 7 heteroatoms. The number of nitrogens with one attached hydrogen (secondary N) is 1. The summed E-state index contributed by atoms with van der Waals surface area (Å²) in [6.07, 6.45) is 3.43. The zero-order chi connectivity index (χ0) is 19.6. The number of aromatic hydroxyl groups is 1. The number of phenolic OH excluding ortho intramolecular Hbond substituents is 1. The third kappa shape index (κ3) is 3.51. The van der Waals surface area contributed by atoms with E-state index < -0.39 is 6.04 Å². The lowest BCUT2D eigenvalue weighted by molar-refractivity contribution is -0.126. The number of carbonyl (C=O) groups is 1. The highest BCUT2D eigenvalue weighted by molar-refractivity contribution is 5.88. The molecule has 2 atom stereocenters. The van der Waals surface area contributed by atoms with Crippen LogP contribution in [0.5, 0.6) is 5.75 Å². The fourth-order valence-corrected chi connectivity index (χ4v) is 3.36. The van der Waals surface area contributed by atoms with Crippen LogP contribution in [0.1, 0.15) is 29.2 Å². The predicted molar refractivity (Wildman–Crippen MR) is 104 cm³/mol. The molecule has 1 aliphatic rings. The molecule has 0 radical (unpaired) electrons. The van der Waals surface area contributed by atoms with Gasteiger partial charge in [-0.25, -0.2) is 0 Å². The summed E-state index contributed by atoms with van der Waals surface area (Å²) in [5, 5.41) is 19.2. The maximum Gasteiger partial charge on any atom is 0.247 e. The van der Waals surface area contributed by atoms with Crippen LogP contribution in [0, 0.1) is 11.3 Å². The minimum Gasteiger partial charge on any atom is -0.507 e. The number of nitrogens with two attached hydrogens (primary N) is 2. The molecule has 0 bridgehead atoms. The van der Waals surface area contributed by atoms with Gasteiger partial charge < -0.3 is 26.5 Å². The van der Waals surface area contributed by atoms with Gasteiger partial charge in [-0.3, -0.25) is 4.79 Å². The molecular weight excluding hydrogens is 342 g/mol. The maximum absolute atomic E-state index is 11.9. The molecule has 1 saturated heterocycles. The van der Waals surface area contributed by atoms with Crippen LogP contribution in [0.2, 0.25) is 0 Å². The van der Waals surface area contributed by atoms with Gasteiger partial charge in [-0.15, -0.1) is 0 Å². The van der Waals surface area contributed by atoms with E-state index in [0.717, 1.165) is 5.69 Å². The first-order valence-electron chi connectivity index (χ1n) is 8.51. The third-order valence-corrected chi connectivity index (χ3v) is 4.77. The van der Waals surface area contributed by atoms with Crippen molar-refractivity contribution in [2.45, 2.75) is 18.4 Å². The van der Waals surface area contributed by atoms with Crippen LogP contribution in [0.3, 0.4) is 0 Å². The molecule has 0 saturated carbocycles. The number of hydrogen-bond donors (Lipinski definition) is 4. The summed E-state index contributed by atoms with van der Waals surface area (Å²) >= 11 is 0. The number of likely N-dealkylation sites (tertiary alicyclic amines) is 1. The van der Waals surface area contributed by atoms with Gasteiger partial charge in [0, 0.05) is 35.0 Å². The van der Waals surface area contributed by atoms with Crippen LogP contribution in [-0.2, 0) is 4.79 Å². The number of rotatable bonds is 4. The Hall–Kier alpha value is -3.66. The predicted octanol–water partition coefficient (Wildman–Crippen LogP) is 2.15. The number of amides is 1. The van der Waals surface area contributed by atoms with Crippen molar-refractivity contribution < 1.29 is 9.90 Å². The quantitative estimate of drug-likeness (QED) is 0.618. The van der Waals surface area contributed by atoms with E-state index in [9.17, 15) is 15.2 Å². The molecule has 138 valence electrons. The van der Waals surface area contributed by atoms with Gasteiger partial charge in [0.1, 0.15) is 17.6 Å². The van der Waals surface area contributed by atoms with E-state index in [1.54, 1.807) is 30.3 Å². The number of carbonyl (C=O) groups excluding carboxylic acids is 1. The zero-order valence-electron chi connectivity index (χ0n) is 14.7. The number of phenols is 1. The summed E-state index contributed by atoms with van der Waals surface area (Å²) in [4.78, 5) is 16.6. The number of H-pyrrole nitrogens is 1. The Balaban J connectivity index is 1.86. The molecular formula is C20H21N5O2. The van der Waals surface area contributed by atoms with Crippen LogP contribution in [0.15, 0.2) is 43.0 Å². The number of nitrogens with zero attached hydrogens (tertiary/aromatic N) is 2. The molecule has 1 aromatic heterocycles. The first kappa shape index (κ1) is 18.1. The van der Waals surface area contributed by atoms with Crippen molar-refractivity contribution in [1.29, 1.82) is 5.26 Å². The lowest BCUT2D eigenvalue weighted by atomic mass is 10.0. The monoisotopic (exact) mass is 363 g/mol. The molecule has 3 rings (SSSR count). The standard InChI is InChI=1S/C20H21N5O2/c1-2-19(27)25-11-13(7-14(25)10-21)17-9-12(20(23)24-17)8-16(22)15-5-3-4-6-18(15)26/h2-6,8-9,13-14,24,26H,1,7,11,22-23H2/b16-8-/t13?,14-/m0/s1. The zero-order valence-corrected chi connectivity index (χ0v) is 14.7. The molecule has 2 heterocycles. The van der Waals surface area contributed by atoms with Crippen molar-refractivity contribution in [1.82, 2.24) is 9.88 Å². The molecule has 1 amide bonds. The van der Waals surface area contributed by atoms with Gasteiger partial charge in [-0.2, -0.15) is 5.26 Å². The SMILES string of the molecule is C=CC(=O)N1CC(c2cc(/C=C(\N)c3ccccc3O)c(N)[nH]2)C[C@H]1C#N. The number of para-hydroxylation sites is 1. The van der Waals surface area contributed by atoms with Gasteiger partial charge in [0.25, 0.3) is 0 Å². The van der Waals surface area contributed by atoms with Crippen molar-refractivity contribution in [3.8, 4) is 11.8 Å². The molecule has 1 unspecified atom stereocenters. The third-order valence-electron chi connectivity index (χ3n) is 4.77. The van der Waals surface area contributed by atoms with E-state index in [4.69, 9.17) is 11.5 Å². The minimum atomic E-state index is -0.490. The highest BCUT2D eigenvalue weighted by atomic mass is 16.3. The largest absolute Gasteiger partial charge is 0.507 e. The topological polar surface area (TPSA) is 132 Å². The Morgan fingerprint density at radius 3 is 2.85 bits per heavy atom. The molecule has 2 aromatic rings. The second-order valence-electron chi connectivity index (χ2n) is 6.48. The molecule has 1 aliphatic heterocycles. The first-order chi connectivity index (χ1) is 12.9. The first-order valence-corrected chi connectivity index (χ1v) is 8.51. The number of anilines is 1. The molecule has 6 N–H and O–H groups in total. The summed E-state index contributed by atoms with van der Waals surface area (Å²) in [5.41, 5.74) is 14.6. The van der Waals surface area contributed by atoms with E-state index in [1.165, 1.54) is 11.0 Å². The Morgan fingerprint density at radius 2 is 2.19 bits per heavy atom. The van der Waals surface area contributed by atoms with Crippen LogP contribution >= 0.6 is 0 Å². The summed E-state index contributed by atoms with van der Waals surface area (Å²) in [6.45, 7) is 3.91. The van der Waals surface area contributed by atoms with E-state index in [2.05, 4.69) is 17.6 Å². The van der Waals surface area contributed by atoms with Crippen molar-refractivity contribution in [3.05, 3.63) is 59.8 Å².